The fraction of sp³-hybridized carbons (Fsp3) is 0.261. The number of benzene rings is 2. The molecule has 5 N–H and O–H groups in total. The van der Waals surface area contributed by atoms with E-state index in [1.807, 2.05) is 44.0 Å². The Bertz CT molecular complexity index is 1240. The van der Waals surface area contributed by atoms with Gasteiger partial charge in [0.05, 0.1) is 17.7 Å². The number of carbonyl (C=O) groups is 1. The summed E-state index contributed by atoms with van der Waals surface area (Å²) >= 11 is 0. The van der Waals surface area contributed by atoms with Crippen LogP contribution in [0.2, 0.25) is 0 Å². The second-order valence-electron chi connectivity index (χ2n) is 7.89. The van der Waals surface area contributed by atoms with Crippen LogP contribution in [0.25, 0.3) is 0 Å². The van der Waals surface area contributed by atoms with Crippen molar-refractivity contribution in [3.8, 4) is 0 Å². The molecule has 3 atom stereocenters. The van der Waals surface area contributed by atoms with Crippen LogP contribution in [0.5, 0.6) is 0 Å². The van der Waals surface area contributed by atoms with Crippen LogP contribution in [0.4, 0.5) is 21.7 Å². The van der Waals surface area contributed by atoms with Gasteiger partial charge in [0.25, 0.3) is 0 Å². The van der Waals surface area contributed by atoms with Crippen molar-refractivity contribution in [2.45, 2.75) is 18.0 Å². The number of rotatable bonds is 6. The van der Waals surface area contributed by atoms with E-state index < -0.39 is 6.04 Å². The molecule has 3 unspecified atom stereocenters. The average molecular weight is 449 g/mol. The van der Waals surface area contributed by atoms with Crippen LogP contribution in [-0.2, 0) is 4.79 Å². The predicted molar refractivity (Wildman–Crippen MR) is 127 cm³/mol. The molecule has 10 heteroatoms. The first kappa shape index (κ1) is 20.8. The first-order valence-electron chi connectivity index (χ1n) is 10.7. The first-order chi connectivity index (χ1) is 16.1. The van der Waals surface area contributed by atoms with E-state index in [1.165, 1.54) is 12.1 Å². The maximum Gasteiger partial charge on any atom is 0.170 e. The quantitative estimate of drug-likeness (QED) is 0.369. The van der Waals surface area contributed by atoms with Crippen molar-refractivity contribution in [3.05, 3.63) is 70.8 Å². The minimum Gasteiger partial charge on any atom is -0.377 e. The highest BCUT2D eigenvalue weighted by Gasteiger charge is 2.43. The van der Waals surface area contributed by atoms with Gasteiger partial charge in [-0.05, 0) is 29.3 Å². The van der Waals surface area contributed by atoms with Crippen LogP contribution in [-0.4, -0.2) is 42.8 Å². The summed E-state index contributed by atoms with van der Waals surface area (Å²) in [5, 5.41) is 14.6. The van der Waals surface area contributed by atoms with Gasteiger partial charge in [-0.3, -0.25) is 5.43 Å². The second kappa shape index (κ2) is 8.12. The molecule has 2 aromatic carbocycles. The van der Waals surface area contributed by atoms with Gasteiger partial charge in [0.2, 0.25) is 0 Å². The third-order valence-corrected chi connectivity index (χ3v) is 6.19. The van der Waals surface area contributed by atoms with Gasteiger partial charge in [-0.15, -0.1) is 0 Å². The lowest BCUT2D eigenvalue weighted by Gasteiger charge is -2.39. The van der Waals surface area contributed by atoms with E-state index in [-0.39, 0.29) is 17.8 Å². The van der Waals surface area contributed by atoms with E-state index in [4.69, 9.17) is 4.98 Å². The monoisotopic (exact) mass is 448 g/mol. The molecular weight excluding hydrogens is 423 g/mol. The molecule has 0 amide bonds. The number of nitrogens with zero attached hydrogens (tertiary/aromatic N) is 3. The SMILES string of the molecule is CNc1nc(C2C3=NNC(C=O)c4cccc(c43)NC2c2ccc(F)cc2)n(NC)c1NC. The smallest absolute Gasteiger partial charge is 0.170 e. The van der Waals surface area contributed by atoms with Crippen molar-refractivity contribution in [2.75, 3.05) is 42.5 Å². The Morgan fingerprint density at radius 3 is 2.55 bits per heavy atom. The number of carbonyl (C=O) groups excluding carboxylic acids is 1. The third kappa shape index (κ3) is 3.17. The number of halogens is 1. The summed E-state index contributed by atoms with van der Waals surface area (Å²) in [6.45, 7) is 0. The van der Waals surface area contributed by atoms with Crippen LogP contribution in [0, 0.1) is 5.82 Å². The van der Waals surface area contributed by atoms with Gasteiger partial charge in [-0.25, -0.2) is 14.1 Å². The summed E-state index contributed by atoms with van der Waals surface area (Å²) in [5.74, 6) is 1.49. The maximum atomic E-state index is 13.7. The van der Waals surface area contributed by atoms with Gasteiger partial charge in [0, 0.05) is 32.4 Å². The number of nitrogens with one attached hydrogen (secondary N) is 5. The molecule has 1 aromatic heterocycles. The molecule has 2 aliphatic rings. The van der Waals surface area contributed by atoms with Crippen molar-refractivity contribution in [1.82, 2.24) is 15.1 Å². The molecule has 3 heterocycles. The number of hydrazone groups is 1. The zero-order valence-electron chi connectivity index (χ0n) is 18.5. The number of aldehydes is 1. The fourth-order valence-electron chi connectivity index (χ4n) is 4.73. The number of anilines is 3. The van der Waals surface area contributed by atoms with Gasteiger partial charge in [0.1, 0.15) is 24.0 Å². The summed E-state index contributed by atoms with van der Waals surface area (Å²) in [7, 11) is 5.45. The highest BCUT2D eigenvalue weighted by Crippen LogP contribution is 2.46. The molecule has 5 rings (SSSR count). The molecular formula is C23H25FN8O. The normalized spacial score (nSPS) is 20.6. The summed E-state index contributed by atoms with van der Waals surface area (Å²) < 4.78 is 15.6. The lowest BCUT2D eigenvalue weighted by Crippen LogP contribution is -2.40. The minimum atomic E-state index is -0.529. The van der Waals surface area contributed by atoms with E-state index in [0.29, 0.717) is 11.6 Å². The number of hydrogen-bond acceptors (Lipinski definition) is 8. The zero-order valence-corrected chi connectivity index (χ0v) is 18.5. The molecule has 170 valence electrons. The van der Waals surface area contributed by atoms with Gasteiger partial charge in [-0.1, -0.05) is 24.3 Å². The molecule has 0 fully saturated rings. The molecule has 0 bridgehead atoms. The Morgan fingerprint density at radius 1 is 1.09 bits per heavy atom. The predicted octanol–water partition coefficient (Wildman–Crippen LogP) is 2.78. The Labute approximate surface area is 190 Å². The molecule has 3 aromatic rings. The van der Waals surface area contributed by atoms with Gasteiger partial charge in [0.15, 0.2) is 11.6 Å². The van der Waals surface area contributed by atoms with Crippen molar-refractivity contribution in [2.24, 2.45) is 5.10 Å². The van der Waals surface area contributed by atoms with Crippen molar-refractivity contribution in [3.63, 3.8) is 0 Å². The Hall–Kier alpha value is -4.08. The molecule has 9 nitrogen and oxygen atoms in total. The molecule has 0 saturated carbocycles. The maximum absolute atomic E-state index is 13.7. The Balaban J connectivity index is 1.76. The molecule has 0 aliphatic carbocycles. The van der Waals surface area contributed by atoms with Crippen LogP contribution in [0.15, 0.2) is 47.6 Å². The molecule has 0 saturated heterocycles. The van der Waals surface area contributed by atoms with Gasteiger partial charge in [-0.2, -0.15) is 5.10 Å². The van der Waals surface area contributed by atoms with E-state index in [2.05, 4.69) is 31.9 Å². The zero-order chi connectivity index (χ0) is 23.1. The van der Waals surface area contributed by atoms with E-state index in [9.17, 15) is 9.18 Å². The highest BCUT2D eigenvalue weighted by atomic mass is 19.1. The van der Waals surface area contributed by atoms with E-state index in [1.54, 1.807) is 12.1 Å². The lowest BCUT2D eigenvalue weighted by atomic mass is 9.78. The van der Waals surface area contributed by atoms with Gasteiger partial charge >= 0.3 is 0 Å². The van der Waals surface area contributed by atoms with Crippen LogP contribution in [0.1, 0.15) is 40.5 Å². The van der Waals surface area contributed by atoms with E-state index in [0.717, 1.165) is 40.2 Å². The number of imidazole rings is 1. The number of hydrogen-bond donors (Lipinski definition) is 5. The van der Waals surface area contributed by atoms with E-state index >= 15 is 0 Å². The molecule has 0 spiro atoms. The molecule has 0 radical (unpaired) electrons. The summed E-state index contributed by atoms with van der Waals surface area (Å²) in [6.07, 6.45) is 0.851. The lowest BCUT2D eigenvalue weighted by molar-refractivity contribution is -0.109. The molecule has 33 heavy (non-hydrogen) atoms. The average Bonchev–Trinajstić information content (AvgIpc) is 3.22. The standard InChI is InChI=1S/C23H25FN8O/c1-25-21-23(26-2)32(27-3)22(29-21)18-19(12-7-9-13(24)10-8-12)28-15-6-4-5-14-16(11-33)30-31-20(18)17(14)15/h4-11,16,18-19,25-28,30H,1-3H3. The van der Waals surface area contributed by atoms with Crippen LogP contribution in [0.3, 0.4) is 0 Å². The van der Waals surface area contributed by atoms with Crippen molar-refractivity contribution < 1.29 is 9.18 Å². The van der Waals surface area contributed by atoms with Crippen LogP contribution < -0.4 is 26.8 Å². The Kier molecular flexibility index (Phi) is 5.12. The molecule has 2 aliphatic heterocycles. The summed E-state index contributed by atoms with van der Waals surface area (Å²) in [4.78, 5) is 16.6. The highest BCUT2D eigenvalue weighted by molar-refractivity contribution is 6.13. The fourth-order valence-corrected chi connectivity index (χ4v) is 4.73. The van der Waals surface area contributed by atoms with Crippen LogP contribution >= 0.6 is 0 Å². The second-order valence-corrected chi connectivity index (χ2v) is 7.89. The van der Waals surface area contributed by atoms with Gasteiger partial charge < -0.3 is 26.2 Å². The Morgan fingerprint density at radius 2 is 1.88 bits per heavy atom. The summed E-state index contributed by atoms with van der Waals surface area (Å²) in [5.41, 5.74) is 10.5. The summed E-state index contributed by atoms with van der Waals surface area (Å²) in [6, 6.07) is 11.4. The third-order valence-electron chi connectivity index (χ3n) is 6.19. The minimum absolute atomic E-state index is 0.286. The first-order valence-corrected chi connectivity index (χ1v) is 10.7. The number of aromatic nitrogens is 2. The largest absolute Gasteiger partial charge is 0.377 e. The topological polar surface area (TPSA) is 107 Å². The van der Waals surface area contributed by atoms with Crippen molar-refractivity contribution >= 4 is 29.3 Å². The van der Waals surface area contributed by atoms with Crippen molar-refractivity contribution in [1.29, 1.82) is 0 Å².